The summed E-state index contributed by atoms with van der Waals surface area (Å²) in [6, 6.07) is 17.0. The molecule has 0 spiro atoms. The normalized spacial score (nSPS) is 11.8. The Balaban J connectivity index is 1.83. The molecule has 0 radical (unpaired) electrons. The third-order valence-electron chi connectivity index (χ3n) is 6.87. The molecule has 8 nitrogen and oxygen atoms in total. The van der Waals surface area contributed by atoms with Crippen molar-refractivity contribution >= 4 is 43.3 Å². The maximum absolute atomic E-state index is 14.0. The van der Waals surface area contributed by atoms with Gasteiger partial charge in [0.15, 0.2) is 5.43 Å². The van der Waals surface area contributed by atoms with Crippen LogP contribution in [0.25, 0.3) is 44.0 Å². The number of rotatable bonds is 10. The molecular weight excluding hydrogens is 533 g/mol. The second-order valence-electron chi connectivity index (χ2n) is 9.63. The fourth-order valence-corrected chi connectivity index (χ4v) is 5.30. The number of nitrogens with zero attached hydrogens (tertiary/aromatic N) is 2. The van der Waals surface area contributed by atoms with Crippen LogP contribution < -0.4 is 14.3 Å². The van der Waals surface area contributed by atoms with Gasteiger partial charge >= 0.3 is 10.5 Å². The zero-order chi connectivity index (χ0) is 28.4. The van der Waals surface area contributed by atoms with E-state index in [9.17, 15) is 22.4 Å². The molecule has 5 aromatic rings. The van der Waals surface area contributed by atoms with Crippen LogP contribution in [0.4, 0.5) is 3.89 Å². The summed E-state index contributed by atoms with van der Waals surface area (Å²) in [5, 5.41) is 11.1. The lowest BCUT2D eigenvalue weighted by Crippen LogP contribution is -2.12. The number of aryl methyl sites for hydroxylation is 1. The van der Waals surface area contributed by atoms with E-state index >= 15 is 0 Å². The number of benzene rings is 3. The summed E-state index contributed by atoms with van der Waals surface area (Å²) in [5.41, 5.74) is 3.49. The SMILES string of the molecule is CCCCOc1cc2c(=O)c3c4ccc(C#N)cc4[nH]c3n(CCCC)c2cc1-c1cccc(OS(=O)(=O)F)c1. The first-order valence-electron chi connectivity index (χ1n) is 13.2. The molecule has 0 unspecified atom stereocenters. The molecule has 1 N–H and O–H groups in total. The molecule has 2 aromatic heterocycles. The van der Waals surface area contributed by atoms with Gasteiger partial charge in [0.05, 0.1) is 34.5 Å². The van der Waals surface area contributed by atoms with Crippen LogP contribution >= 0.6 is 0 Å². The highest BCUT2D eigenvalue weighted by Crippen LogP contribution is 2.37. The highest BCUT2D eigenvalue weighted by atomic mass is 32.3. The van der Waals surface area contributed by atoms with Gasteiger partial charge in [-0.1, -0.05) is 48.8 Å². The Labute approximate surface area is 231 Å². The zero-order valence-electron chi connectivity index (χ0n) is 22.2. The summed E-state index contributed by atoms with van der Waals surface area (Å²) in [5.74, 6) is 0.272. The van der Waals surface area contributed by atoms with Crippen molar-refractivity contribution in [3.8, 4) is 28.7 Å². The Hall–Kier alpha value is -4.36. The second kappa shape index (κ2) is 11.0. The molecule has 0 saturated heterocycles. The maximum Gasteiger partial charge on any atom is 0.488 e. The van der Waals surface area contributed by atoms with Crippen LogP contribution in [0.3, 0.4) is 0 Å². The van der Waals surface area contributed by atoms with Crippen LogP contribution in [0.15, 0.2) is 59.4 Å². The van der Waals surface area contributed by atoms with Gasteiger partial charge in [-0.25, -0.2) is 0 Å². The minimum absolute atomic E-state index is 0.166. The number of aromatic nitrogens is 2. The highest BCUT2D eigenvalue weighted by molar-refractivity contribution is 7.81. The van der Waals surface area contributed by atoms with Crippen molar-refractivity contribution in [2.75, 3.05) is 6.61 Å². The standard InChI is InChI=1S/C30H28FN3O5S/c1-3-5-12-34-26-16-23(20-8-7-9-21(15-20)39-40(31,36)37)27(38-13-6-4-2)17-24(26)29(35)28-22-11-10-19(18-32)14-25(22)33-30(28)34/h7-11,14-17,33H,3-6,12-13H2,1-2H3. The van der Waals surface area contributed by atoms with Crippen molar-refractivity contribution in [3.05, 3.63) is 70.4 Å². The van der Waals surface area contributed by atoms with Gasteiger partial charge in [-0.15, -0.1) is 0 Å². The maximum atomic E-state index is 14.0. The zero-order valence-corrected chi connectivity index (χ0v) is 23.0. The molecule has 0 bridgehead atoms. The van der Waals surface area contributed by atoms with Gasteiger partial charge < -0.3 is 18.5 Å². The molecule has 5 rings (SSSR count). The van der Waals surface area contributed by atoms with Crippen LogP contribution in [0.5, 0.6) is 11.5 Å². The molecule has 3 aromatic carbocycles. The minimum Gasteiger partial charge on any atom is -0.493 e. The first-order valence-corrected chi connectivity index (χ1v) is 14.5. The van der Waals surface area contributed by atoms with E-state index in [1.807, 2.05) is 13.0 Å². The first-order chi connectivity index (χ1) is 19.2. The van der Waals surface area contributed by atoms with E-state index in [4.69, 9.17) is 4.74 Å². The lowest BCUT2D eigenvalue weighted by molar-refractivity contribution is 0.311. The van der Waals surface area contributed by atoms with Crippen LogP contribution in [-0.2, 0) is 17.0 Å². The number of nitriles is 1. The van der Waals surface area contributed by atoms with Crippen molar-refractivity contribution in [3.63, 3.8) is 0 Å². The number of pyridine rings is 1. The molecule has 0 amide bonds. The summed E-state index contributed by atoms with van der Waals surface area (Å²) in [7, 11) is -5.20. The summed E-state index contributed by atoms with van der Waals surface area (Å²) in [6.07, 6.45) is 3.49. The fraction of sp³-hybridized carbons (Fsp3) is 0.267. The molecule has 206 valence electrons. The lowest BCUT2D eigenvalue weighted by Gasteiger charge is -2.18. The topological polar surface area (TPSA) is 114 Å². The number of nitrogens with one attached hydrogen (secondary N) is 1. The van der Waals surface area contributed by atoms with Crippen molar-refractivity contribution in [1.29, 1.82) is 5.26 Å². The number of unbranched alkanes of at least 4 members (excludes halogenated alkanes) is 2. The summed E-state index contributed by atoms with van der Waals surface area (Å²) in [6.45, 7) is 5.17. The number of hydrogen-bond acceptors (Lipinski definition) is 6. The third kappa shape index (κ3) is 5.25. The predicted octanol–water partition coefficient (Wildman–Crippen LogP) is 6.75. The van der Waals surface area contributed by atoms with E-state index in [2.05, 4.69) is 26.7 Å². The van der Waals surface area contributed by atoms with Crippen LogP contribution in [0.1, 0.15) is 45.1 Å². The van der Waals surface area contributed by atoms with Gasteiger partial charge in [0.2, 0.25) is 0 Å². The van der Waals surface area contributed by atoms with Crippen molar-refractivity contribution in [2.24, 2.45) is 0 Å². The Morgan fingerprint density at radius 3 is 2.55 bits per heavy atom. The van der Waals surface area contributed by atoms with E-state index in [-0.39, 0.29) is 11.2 Å². The smallest absolute Gasteiger partial charge is 0.488 e. The van der Waals surface area contributed by atoms with Gasteiger partial charge in [0.25, 0.3) is 0 Å². The minimum atomic E-state index is -5.20. The van der Waals surface area contributed by atoms with Crippen LogP contribution in [-0.4, -0.2) is 24.6 Å². The van der Waals surface area contributed by atoms with Crippen molar-refractivity contribution in [1.82, 2.24) is 9.55 Å². The quantitative estimate of drug-likeness (QED) is 0.149. The van der Waals surface area contributed by atoms with Gasteiger partial charge in [-0.05, 0) is 54.8 Å². The molecular formula is C30H28FN3O5S. The molecule has 0 saturated carbocycles. The lowest BCUT2D eigenvalue weighted by atomic mass is 10.0. The van der Waals surface area contributed by atoms with Gasteiger partial charge in [-0.3, -0.25) is 4.79 Å². The van der Waals surface area contributed by atoms with Gasteiger partial charge in [0, 0.05) is 23.0 Å². The van der Waals surface area contributed by atoms with Crippen molar-refractivity contribution < 1.29 is 21.2 Å². The Morgan fingerprint density at radius 2 is 1.82 bits per heavy atom. The molecule has 0 fully saturated rings. The van der Waals surface area contributed by atoms with Crippen LogP contribution in [0, 0.1) is 11.3 Å². The van der Waals surface area contributed by atoms with Crippen molar-refractivity contribution in [2.45, 2.75) is 46.1 Å². The molecule has 0 aliphatic carbocycles. The number of hydrogen-bond donors (Lipinski definition) is 1. The largest absolute Gasteiger partial charge is 0.493 e. The Bertz CT molecular complexity index is 1950. The summed E-state index contributed by atoms with van der Waals surface area (Å²) in [4.78, 5) is 17.4. The highest BCUT2D eigenvalue weighted by Gasteiger charge is 2.20. The Kier molecular flexibility index (Phi) is 7.50. The monoisotopic (exact) mass is 561 g/mol. The van der Waals surface area contributed by atoms with E-state index in [0.29, 0.717) is 63.0 Å². The van der Waals surface area contributed by atoms with Gasteiger partial charge in [-0.2, -0.15) is 13.7 Å². The van der Waals surface area contributed by atoms with E-state index in [1.54, 1.807) is 36.4 Å². The Morgan fingerprint density at radius 1 is 1.02 bits per heavy atom. The average molecular weight is 562 g/mol. The number of halogens is 1. The van der Waals surface area contributed by atoms with Crippen LogP contribution in [0.2, 0.25) is 0 Å². The van der Waals surface area contributed by atoms with E-state index in [1.165, 1.54) is 12.1 Å². The molecule has 2 heterocycles. The average Bonchev–Trinajstić information content (AvgIpc) is 3.31. The van der Waals surface area contributed by atoms with E-state index < -0.39 is 10.5 Å². The number of H-pyrrole nitrogens is 1. The van der Waals surface area contributed by atoms with Gasteiger partial charge in [0.1, 0.15) is 17.1 Å². The molecule has 0 aliphatic rings. The molecule has 0 aliphatic heterocycles. The predicted molar refractivity (Wildman–Crippen MR) is 154 cm³/mol. The molecule has 0 atom stereocenters. The number of fused-ring (bicyclic) bond motifs is 4. The summed E-state index contributed by atoms with van der Waals surface area (Å²) >= 11 is 0. The third-order valence-corrected chi connectivity index (χ3v) is 7.26. The summed E-state index contributed by atoms with van der Waals surface area (Å²) < 4.78 is 48.2. The number of aromatic amines is 1. The first kappa shape index (κ1) is 27.2. The second-order valence-corrected chi connectivity index (χ2v) is 10.6. The van der Waals surface area contributed by atoms with E-state index in [0.717, 1.165) is 31.1 Å². The molecule has 10 heteroatoms. The number of ether oxygens (including phenoxy) is 1. The fourth-order valence-electron chi connectivity index (χ4n) is 4.96. The molecule has 40 heavy (non-hydrogen) atoms.